The van der Waals surface area contributed by atoms with Gasteiger partial charge >= 0.3 is 0 Å². The second-order valence-electron chi connectivity index (χ2n) is 9.34. The van der Waals surface area contributed by atoms with E-state index in [0.717, 1.165) is 64.1 Å². The lowest BCUT2D eigenvalue weighted by molar-refractivity contribution is 0.0155. The fourth-order valence-corrected chi connectivity index (χ4v) is 6.12. The zero-order chi connectivity index (χ0) is 22.0. The van der Waals surface area contributed by atoms with Gasteiger partial charge in [-0.2, -0.15) is 0 Å². The highest BCUT2D eigenvalue weighted by atomic mass is 32.1. The van der Waals surface area contributed by atoms with Crippen LogP contribution in [0.1, 0.15) is 43.8 Å². The summed E-state index contributed by atoms with van der Waals surface area (Å²) in [5.41, 5.74) is 2.53. The Morgan fingerprint density at radius 1 is 0.939 bits per heavy atom. The van der Waals surface area contributed by atoms with Crippen molar-refractivity contribution in [2.45, 2.75) is 38.1 Å². The van der Waals surface area contributed by atoms with E-state index in [9.17, 15) is 0 Å². The SMILES string of the molecule is C1=CN(N2CCCC2)C(c2[nH]c(-c3cccs3)nc2N2CCCCC2)C=C1N1CCOCC1. The van der Waals surface area contributed by atoms with Gasteiger partial charge in [0.15, 0.2) is 5.82 Å². The first-order chi connectivity index (χ1) is 16.4. The molecule has 33 heavy (non-hydrogen) atoms. The van der Waals surface area contributed by atoms with Crippen LogP contribution in [0.2, 0.25) is 0 Å². The highest BCUT2D eigenvalue weighted by Crippen LogP contribution is 2.38. The van der Waals surface area contributed by atoms with Crippen molar-refractivity contribution >= 4 is 17.2 Å². The van der Waals surface area contributed by atoms with Crippen LogP contribution < -0.4 is 4.90 Å². The number of rotatable bonds is 5. The summed E-state index contributed by atoms with van der Waals surface area (Å²) in [7, 11) is 0. The number of aromatic nitrogens is 2. The first kappa shape index (κ1) is 21.3. The zero-order valence-corrected chi connectivity index (χ0v) is 20.1. The Morgan fingerprint density at radius 3 is 2.48 bits per heavy atom. The number of allylic oxidation sites excluding steroid dienone is 1. The summed E-state index contributed by atoms with van der Waals surface area (Å²) in [5, 5.41) is 7.10. The Kier molecular flexibility index (Phi) is 6.13. The van der Waals surface area contributed by atoms with Crippen LogP contribution in [0, 0.1) is 0 Å². The second-order valence-corrected chi connectivity index (χ2v) is 10.3. The number of nitrogens with one attached hydrogen (secondary N) is 1. The molecule has 8 heteroatoms. The number of ether oxygens (including phenoxy) is 1. The first-order valence-electron chi connectivity index (χ1n) is 12.5. The number of nitrogens with zero attached hydrogens (tertiary/aromatic N) is 5. The summed E-state index contributed by atoms with van der Waals surface area (Å²) >= 11 is 1.75. The number of hydrogen-bond donors (Lipinski definition) is 1. The van der Waals surface area contributed by atoms with Crippen LogP contribution in [0.3, 0.4) is 0 Å². The Hall–Kier alpha value is -2.29. The topological polar surface area (TPSA) is 50.9 Å². The van der Waals surface area contributed by atoms with Gasteiger partial charge in [0.1, 0.15) is 11.9 Å². The number of thiophene rings is 1. The van der Waals surface area contributed by atoms with E-state index in [1.165, 1.54) is 48.4 Å². The van der Waals surface area contributed by atoms with Gasteiger partial charge in [0.2, 0.25) is 0 Å². The molecule has 0 amide bonds. The van der Waals surface area contributed by atoms with Gasteiger partial charge in [-0.3, -0.25) is 5.01 Å². The number of hydrazine groups is 1. The number of anilines is 1. The number of morpholine rings is 1. The van der Waals surface area contributed by atoms with Crippen LogP contribution in [-0.4, -0.2) is 77.4 Å². The fourth-order valence-electron chi connectivity index (χ4n) is 5.45. The molecule has 2 aromatic rings. The van der Waals surface area contributed by atoms with Crippen LogP contribution in [-0.2, 0) is 4.74 Å². The lowest BCUT2D eigenvalue weighted by Gasteiger charge is -2.41. The average Bonchev–Trinajstić information content (AvgIpc) is 3.66. The van der Waals surface area contributed by atoms with E-state index in [4.69, 9.17) is 9.72 Å². The molecule has 0 aliphatic carbocycles. The molecule has 7 nitrogen and oxygen atoms in total. The summed E-state index contributed by atoms with van der Waals surface area (Å²) in [5.74, 6) is 2.14. The van der Waals surface area contributed by atoms with Crippen molar-refractivity contribution in [3.8, 4) is 10.7 Å². The zero-order valence-electron chi connectivity index (χ0n) is 19.3. The van der Waals surface area contributed by atoms with Gasteiger partial charge in [0.05, 0.1) is 23.8 Å². The smallest absolute Gasteiger partial charge is 0.153 e. The van der Waals surface area contributed by atoms with Gasteiger partial charge in [0.25, 0.3) is 0 Å². The third-order valence-electron chi connectivity index (χ3n) is 7.21. The predicted molar refractivity (Wildman–Crippen MR) is 133 cm³/mol. The Morgan fingerprint density at radius 2 is 1.73 bits per heavy atom. The average molecular weight is 467 g/mol. The molecule has 176 valence electrons. The Bertz CT molecular complexity index is 981. The quantitative estimate of drug-likeness (QED) is 0.712. The summed E-state index contributed by atoms with van der Waals surface area (Å²) < 4.78 is 5.61. The number of imidazole rings is 1. The molecule has 3 fully saturated rings. The molecule has 4 aliphatic rings. The van der Waals surface area contributed by atoms with E-state index in [2.05, 4.69) is 60.7 Å². The summed E-state index contributed by atoms with van der Waals surface area (Å²) in [6.07, 6.45) is 13.4. The van der Waals surface area contributed by atoms with E-state index in [1.54, 1.807) is 11.3 Å². The lowest BCUT2D eigenvalue weighted by Crippen LogP contribution is -2.43. The maximum absolute atomic E-state index is 5.61. The van der Waals surface area contributed by atoms with Gasteiger partial charge in [-0.1, -0.05) is 6.07 Å². The van der Waals surface area contributed by atoms with Crippen molar-refractivity contribution in [2.75, 3.05) is 57.4 Å². The van der Waals surface area contributed by atoms with E-state index in [1.807, 2.05) is 0 Å². The number of aromatic amines is 1. The van der Waals surface area contributed by atoms with Crippen LogP contribution in [0.4, 0.5) is 5.82 Å². The van der Waals surface area contributed by atoms with E-state index in [0.29, 0.717) is 0 Å². The van der Waals surface area contributed by atoms with Gasteiger partial charge in [-0.05, 0) is 55.7 Å². The predicted octanol–water partition coefficient (Wildman–Crippen LogP) is 4.23. The van der Waals surface area contributed by atoms with Gasteiger partial charge in [0, 0.05) is 51.2 Å². The van der Waals surface area contributed by atoms with E-state index < -0.39 is 0 Å². The molecule has 0 saturated carbocycles. The van der Waals surface area contributed by atoms with Crippen molar-refractivity contribution in [2.24, 2.45) is 0 Å². The van der Waals surface area contributed by atoms with Gasteiger partial charge < -0.3 is 19.5 Å². The minimum Gasteiger partial charge on any atom is -0.378 e. The van der Waals surface area contributed by atoms with Crippen LogP contribution in [0.25, 0.3) is 10.7 Å². The van der Waals surface area contributed by atoms with Crippen LogP contribution >= 0.6 is 11.3 Å². The molecule has 0 bridgehead atoms. The first-order valence-corrected chi connectivity index (χ1v) is 13.4. The third kappa shape index (κ3) is 4.32. The third-order valence-corrected chi connectivity index (χ3v) is 8.09. The van der Waals surface area contributed by atoms with Gasteiger partial charge in [-0.15, -0.1) is 11.3 Å². The molecular formula is C25H34N6OS. The minimum atomic E-state index is 0.115. The lowest BCUT2D eigenvalue weighted by atomic mass is 10.1. The fraction of sp³-hybridized carbons (Fsp3) is 0.560. The molecule has 0 spiro atoms. The van der Waals surface area contributed by atoms with Gasteiger partial charge in [-0.25, -0.2) is 9.99 Å². The summed E-state index contributed by atoms with van der Waals surface area (Å²) in [6, 6.07) is 4.39. The largest absolute Gasteiger partial charge is 0.378 e. The van der Waals surface area contributed by atoms with Crippen LogP contribution in [0.5, 0.6) is 0 Å². The normalized spacial score (nSPS) is 24.5. The highest BCUT2D eigenvalue weighted by Gasteiger charge is 2.33. The maximum atomic E-state index is 5.61. The van der Waals surface area contributed by atoms with Crippen molar-refractivity contribution in [1.82, 2.24) is 24.9 Å². The van der Waals surface area contributed by atoms with Crippen molar-refractivity contribution in [1.29, 1.82) is 0 Å². The van der Waals surface area contributed by atoms with Crippen LogP contribution in [0.15, 0.2) is 41.6 Å². The Balaban J connectivity index is 1.41. The van der Waals surface area contributed by atoms with Crippen molar-refractivity contribution < 1.29 is 4.74 Å². The molecule has 4 aliphatic heterocycles. The second kappa shape index (κ2) is 9.52. The molecule has 1 unspecified atom stereocenters. The van der Waals surface area contributed by atoms with E-state index >= 15 is 0 Å². The molecule has 6 heterocycles. The summed E-state index contributed by atoms with van der Waals surface area (Å²) in [6.45, 7) is 7.93. The van der Waals surface area contributed by atoms with Crippen molar-refractivity contribution in [3.63, 3.8) is 0 Å². The minimum absolute atomic E-state index is 0.115. The molecule has 0 aromatic carbocycles. The monoisotopic (exact) mass is 466 g/mol. The number of H-pyrrole nitrogens is 1. The number of piperidine rings is 1. The molecule has 3 saturated heterocycles. The van der Waals surface area contributed by atoms with Crippen molar-refractivity contribution in [3.05, 3.63) is 47.3 Å². The number of hydrogen-bond acceptors (Lipinski definition) is 7. The molecule has 0 radical (unpaired) electrons. The maximum Gasteiger partial charge on any atom is 0.153 e. The Labute approximate surface area is 200 Å². The molecule has 1 atom stereocenters. The molecule has 2 aromatic heterocycles. The molecule has 6 rings (SSSR count). The standard InChI is InChI=1S/C25H34N6OS/c1-2-9-29(10-3-1)25-23(26-24(27-25)22-7-6-18-33-22)21-19-20(28-14-16-32-17-15-28)8-13-31(21)30-11-4-5-12-30/h6-8,13,18-19,21H,1-5,9-12,14-17H2,(H,26,27). The summed E-state index contributed by atoms with van der Waals surface area (Å²) in [4.78, 5) is 15.2. The van der Waals surface area contributed by atoms with E-state index in [-0.39, 0.29) is 6.04 Å². The molecule has 1 N–H and O–H groups in total. The highest BCUT2D eigenvalue weighted by molar-refractivity contribution is 7.13. The molecular weight excluding hydrogens is 432 g/mol.